The van der Waals surface area contributed by atoms with Gasteiger partial charge in [-0.1, -0.05) is 6.92 Å². The van der Waals surface area contributed by atoms with E-state index in [1.807, 2.05) is 6.92 Å². The average molecular weight is 300 g/mol. The van der Waals surface area contributed by atoms with E-state index in [0.29, 0.717) is 32.0 Å². The van der Waals surface area contributed by atoms with Crippen molar-refractivity contribution in [2.24, 2.45) is 5.84 Å². The predicted octanol–water partition coefficient (Wildman–Crippen LogP) is -0.594. The lowest BCUT2D eigenvalue weighted by Gasteiger charge is -2.35. The smallest absolute Gasteiger partial charge is 0.211 e. The maximum Gasteiger partial charge on any atom is 0.211 e. The minimum absolute atomic E-state index is 0.470. The first-order valence-electron chi connectivity index (χ1n) is 6.48. The number of hydrogen-bond donors (Lipinski definition) is 2. The fraction of sp³-hybridized carbons (Fsp3) is 0.636. The molecule has 1 aromatic rings. The molecule has 0 saturated carbocycles. The molecular weight excluding hydrogens is 280 g/mol. The second-order valence-corrected chi connectivity index (χ2v) is 6.65. The topological polar surface area (TPSA) is 104 Å². The van der Waals surface area contributed by atoms with Crippen molar-refractivity contribution in [3.8, 4) is 0 Å². The van der Waals surface area contributed by atoms with E-state index in [4.69, 9.17) is 5.84 Å². The summed E-state index contributed by atoms with van der Waals surface area (Å²) in [6, 6.07) is 0. The number of nitrogens with two attached hydrogens (primary N) is 1. The molecule has 2 rings (SSSR count). The van der Waals surface area contributed by atoms with E-state index in [2.05, 4.69) is 20.3 Å². The van der Waals surface area contributed by atoms with Crippen LogP contribution in [0.3, 0.4) is 0 Å². The fourth-order valence-corrected chi connectivity index (χ4v) is 3.18. The van der Waals surface area contributed by atoms with Gasteiger partial charge in [0, 0.05) is 31.7 Å². The summed E-state index contributed by atoms with van der Waals surface area (Å²) in [6.07, 6.45) is 3.45. The van der Waals surface area contributed by atoms with E-state index in [0.717, 1.165) is 17.8 Å². The second kappa shape index (κ2) is 5.90. The van der Waals surface area contributed by atoms with Crippen LogP contribution in [-0.4, -0.2) is 55.1 Å². The van der Waals surface area contributed by atoms with Gasteiger partial charge in [-0.05, 0) is 6.42 Å². The highest BCUT2D eigenvalue weighted by molar-refractivity contribution is 7.88. The van der Waals surface area contributed by atoms with Gasteiger partial charge in [0.05, 0.1) is 6.26 Å². The van der Waals surface area contributed by atoms with Crippen molar-refractivity contribution >= 4 is 21.7 Å². The molecule has 0 aliphatic carbocycles. The monoisotopic (exact) mass is 300 g/mol. The quantitative estimate of drug-likeness (QED) is 0.565. The average Bonchev–Trinajstić information content (AvgIpc) is 2.45. The number of rotatable bonds is 4. The van der Waals surface area contributed by atoms with Crippen LogP contribution in [0.15, 0.2) is 6.33 Å². The van der Waals surface area contributed by atoms with Crippen LogP contribution < -0.4 is 16.2 Å². The number of piperazine rings is 1. The Morgan fingerprint density at radius 2 is 1.95 bits per heavy atom. The number of hydrogen-bond acceptors (Lipinski definition) is 7. The largest absolute Gasteiger partial charge is 0.354 e. The van der Waals surface area contributed by atoms with Crippen molar-refractivity contribution in [1.82, 2.24) is 14.3 Å². The Morgan fingerprint density at radius 1 is 1.30 bits per heavy atom. The summed E-state index contributed by atoms with van der Waals surface area (Å²) in [7, 11) is -3.12. The van der Waals surface area contributed by atoms with E-state index in [9.17, 15) is 8.42 Å². The Hall–Kier alpha value is -1.45. The van der Waals surface area contributed by atoms with Gasteiger partial charge in [0.2, 0.25) is 10.0 Å². The third-order valence-electron chi connectivity index (χ3n) is 3.42. The van der Waals surface area contributed by atoms with Gasteiger partial charge >= 0.3 is 0 Å². The van der Waals surface area contributed by atoms with Gasteiger partial charge < -0.3 is 10.3 Å². The van der Waals surface area contributed by atoms with Gasteiger partial charge in [-0.2, -0.15) is 4.31 Å². The fourth-order valence-electron chi connectivity index (χ4n) is 2.36. The molecule has 1 saturated heterocycles. The first-order valence-corrected chi connectivity index (χ1v) is 8.32. The minimum atomic E-state index is -3.12. The van der Waals surface area contributed by atoms with Crippen LogP contribution in [0, 0.1) is 0 Å². The molecule has 112 valence electrons. The third kappa shape index (κ3) is 3.00. The summed E-state index contributed by atoms with van der Waals surface area (Å²) in [5, 5.41) is 0. The molecule has 1 aliphatic heterocycles. The Balaban J connectivity index is 2.19. The minimum Gasteiger partial charge on any atom is -0.354 e. The molecule has 2 heterocycles. The van der Waals surface area contributed by atoms with Crippen molar-refractivity contribution < 1.29 is 8.42 Å². The number of anilines is 2. The lowest BCUT2D eigenvalue weighted by molar-refractivity contribution is 0.386. The van der Waals surface area contributed by atoms with E-state index in [1.165, 1.54) is 16.9 Å². The second-order valence-electron chi connectivity index (χ2n) is 4.67. The summed E-state index contributed by atoms with van der Waals surface area (Å²) >= 11 is 0. The van der Waals surface area contributed by atoms with Crippen molar-refractivity contribution in [2.75, 3.05) is 42.8 Å². The molecule has 1 aliphatic rings. The van der Waals surface area contributed by atoms with Gasteiger partial charge in [0.25, 0.3) is 0 Å². The molecule has 0 spiro atoms. The molecule has 0 amide bonds. The van der Waals surface area contributed by atoms with Gasteiger partial charge in [-0.25, -0.2) is 24.2 Å². The van der Waals surface area contributed by atoms with Gasteiger partial charge in [-0.15, -0.1) is 0 Å². The van der Waals surface area contributed by atoms with Crippen LogP contribution in [0.25, 0.3) is 0 Å². The van der Waals surface area contributed by atoms with E-state index in [-0.39, 0.29) is 0 Å². The van der Waals surface area contributed by atoms with Crippen molar-refractivity contribution in [3.63, 3.8) is 0 Å². The molecular formula is C11H20N6O2S. The summed E-state index contributed by atoms with van der Waals surface area (Å²) in [5.74, 6) is 6.89. The Labute approximate surface area is 119 Å². The maximum atomic E-state index is 11.5. The first-order chi connectivity index (χ1) is 9.47. The normalized spacial score (nSPS) is 17.2. The molecule has 0 bridgehead atoms. The van der Waals surface area contributed by atoms with E-state index >= 15 is 0 Å². The van der Waals surface area contributed by atoms with Crippen molar-refractivity contribution in [1.29, 1.82) is 0 Å². The van der Waals surface area contributed by atoms with Gasteiger partial charge in [-0.3, -0.25) is 0 Å². The summed E-state index contributed by atoms with van der Waals surface area (Å²) < 4.78 is 24.5. The van der Waals surface area contributed by atoms with Crippen LogP contribution in [0.5, 0.6) is 0 Å². The highest BCUT2D eigenvalue weighted by Crippen LogP contribution is 2.24. The SMILES string of the molecule is CCc1c(NN)ncnc1N1CCN(S(C)(=O)=O)CC1. The molecule has 9 heteroatoms. The number of sulfonamides is 1. The summed E-state index contributed by atoms with van der Waals surface area (Å²) in [5.41, 5.74) is 3.52. The maximum absolute atomic E-state index is 11.5. The number of hydrazine groups is 1. The Kier molecular flexibility index (Phi) is 4.41. The van der Waals surface area contributed by atoms with Crippen LogP contribution in [0.2, 0.25) is 0 Å². The van der Waals surface area contributed by atoms with Gasteiger partial charge in [0.15, 0.2) is 0 Å². The predicted molar refractivity (Wildman–Crippen MR) is 77.8 cm³/mol. The van der Waals surface area contributed by atoms with Crippen molar-refractivity contribution in [3.05, 3.63) is 11.9 Å². The van der Waals surface area contributed by atoms with Crippen LogP contribution >= 0.6 is 0 Å². The highest BCUT2D eigenvalue weighted by Gasteiger charge is 2.25. The summed E-state index contributed by atoms with van der Waals surface area (Å²) in [4.78, 5) is 10.5. The number of nitrogens with zero attached hydrogens (tertiary/aromatic N) is 4. The first kappa shape index (κ1) is 14.9. The molecule has 1 fully saturated rings. The summed E-state index contributed by atoms with van der Waals surface area (Å²) in [6.45, 7) is 4.17. The number of nitrogens with one attached hydrogen (secondary N) is 1. The molecule has 0 atom stereocenters. The molecule has 0 aromatic carbocycles. The Bertz CT molecular complexity index is 568. The molecule has 3 N–H and O–H groups in total. The van der Waals surface area contributed by atoms with Crippen molar-refractivity contribution in [2.45, 2.75) is 13.3 Å². The molecule has 1 aromatic heterocycles. The highest BCUT2D eigenvalue weighted by atomic mass is 32.2. The molecule has 20 heavy (non-hydrogen) atoms. The zero-order valence-corrected chi connectivity index (χ0v) is 12.5. The lowest BCUT2D eigenvalue weighted by atomic mass is 10.2. The number of nitrogen functional groups attached to an aromatic ring is 1. The van der Waals surface area contributed by atoms with E-state index < -0.39 is 10.0 Å². The third-order valence-corrected chi connectivity index (χ3v) is 4.72. The van der Waals surface area contributed by atoms with Crippen LogP contribution in [-0.2, 0) is 16.4 Å². The van der Waals surface area contributed by atoms with Crippen LogP contribution in [0.4, 0.5) is 11.6 Å². The van der Waals surface area contributed by atoms with Gasteiger partial charge in [0.1, 0.15) is 18.0 Å². The van der Waals surface area contributed by atoms with E-state index in [1.54, 1.807) is 0 Å². The Morgan fingerprint density at radius 3 is 2.45 bits per heavy atom. The molecule has 0 radical (unpaired) electrons. The molecule has 8 nitrogen and oxygen atoms in total. The van der Waals surface area contributed by atoms with Crippen LogP contribution in [0.1, 0.15) is 12.5 Å². The molecule has 0 unspecified atom stereocenters. The zero-order chi connectivity index (χ0) is 14.8. The lowest BCUT2D eigenvalue weighted by Crippen LogP contribution is -2.48. The number of aromatic nitrogens is 2. The zero-order valence-electron chi connectivity index (χ0n) is 11.7. The standard InChI is InChI=1S/C11H20N6O2S/c1-3-9-10(15-12)13-8-14-11(9)16-4-6-17(7-5-16)20(2,18)19/h8H,3-7,12H2,1-2H3,(H,13,14,15).